The van der Waals surface area contributed by atoms with Gasteiger partial charge in [-0.25, -0.2) is 0 Å². The van der Waals surface area contributed by atoms with E-state index in [1.165, 1.54) is 6.42 Å². The van der Waals surface area contributed by atoms with E-state index < -0.39 is 0 Å². The summed E-state index contributed by atoms with van der Waals surface area (Å²) in [5.74, 6) is 0.833. The van der Waals surface area contributed by atoms with Crippen LogP contribution in [0.3, 0.4) is 0 Å². The Hall–Kier alpha value is 0. The molecule has 0 unspecified atom stereocenters. The van der Waals surface area contributed by atoms with E-state index in [0.29, 0.717) is 0 Å². The molecule has 0 bridgehead atoms. The van der Waals surface area contributed by atoms with Crippen LogP contribution in [-0.4, -0.2) is 0 Å². The van der Waals surface area contributed by atoms with Crippen molar-refractivity contribution >= 4 is 0 Å². The molecule has 0 aliphatic carbocycles. The van der Waals surface area contributed by atoms with Crippen LogP contribution in [0.2, 0.25) is 0 Å². The van der Waals surface area contributed by atoms with Crippen LogP contribution in [0, 0.1) is 5.92 Å². The predicted octanol–water partition coefficient (Wildman–Crippen LogP) is 4.10. The van der Waals surface area contributed by atoms with Crippen LogP contribution in [0.4, 0.5) is 0 Å². The maximum absolute atomic E-state index is 2.17. The maximum atomic E-state index is 2.17. The lowest BCUT2D eigenvalue weighted by Gasteiger charge is -1.79. The van der Waals surface area contributed by atoms with Gasteiger partial charge in [0.15, 0.2) is 0 Å². The normalized spacial score (nSPS) is 6.67. The zero-order valence-electron chi connectivity index (χ0n) is 8.28. The fourth-order valence-corrected chi connectivity index (χ4v) is 0. The van der Waals surface area contributed by atoms with Gasteiger partial charge in [0.05, 0.1) is 0 Å². The molecule has 0 heterocycles. The molecule has 0 N–H and O–H groups in total. The summed E-state index contributed by atoms with van der Waals surface area (Å²) < 4.78 is 0. The van der Waals surface area contributed by atoms with E-state index in [1.807, 2.05) is 13.8 Å². The number of hydrogen-bond donors (Lipinski definition) is 0. The van der Waals surface area contributed by atoms with Gasteiger partial charge in [0, 0.05) is 0 Å². The van der Waals surface area contributed by atoms with Crippen molar-refractivity contribution in [2.24, 2.45) is 5.92 Å². The van der Waals surface area contributed by atoms with Crippen LogP contribution in [0.15, 0.2) is 0 Å². The molecule has 0 spiro atoms. The topological polar surface area (TPSA) is 0 Å². The summed E-state index contributed by atoms with van der Waals surface area (Å²) in [6, 6.07) is 0. The monoisotopic (exact) mass is 132 g/mol. The first-order valence-electron chi connectivity index (χ1n) is 4.15. The smallest absolute Gasteiger partial charge is 0.0500 e. The van der Waals surface area contributed by atoms with Crippen LogP contribution in [-0.2, 0) is 0 Å². The Morgan fingerprint density at radius 3 is 0.889 bits per heavy atom. The van der Waals surface area contributed by atoms with Crippen molar-refractivity contribution in [1.82, 2.24) is 0 Å². The highest BCUT2D eigenvalue weighted by Gasteiger charge is 1.68. The first kappa shape index (κ1) is 16.0. The van der Waals surface area contributed by atoms with Gasteiger partial charge in [0.2, 0.25) is 0 Å². The summed E-state index contributed by atoms with van der Waals surface area (Å²) in [7, 11) is 0. The molecular formula is C9H24. The molecule has 0 aliphatic rings. The molecule has 0 saturated carbocycles. The van der Waals surface area contributed by atoms with Crippen molar-refractivity contribution in [3.05, 3.63) is 0 Å². The van der Waals surface area contributed by atoms with Crippen LogP contribution in [0.1, 0.15) is 54.9 Å². The Balaban J connectivity index is -0.0000000646. The van der Waals surface area contributed by atoms with Gasteiger partial charge in [-0.2, -0.15) is 0 Å². The Labute approximate surface area is 61.7 Å². The largest absolute Gasteiger partial charge is 0.0683 e. The van der Waals surface area contributed by atoms with Crippen molar-refractivity contribution < 1.29 is 0 Å². The Kier molecular flexibility index (Phi) is 43.6. The van der Waals surface area contributed by atoms with E-state index in [0.717, 1.165) is 5.92 Å². The molecule has 0 aromatic heterocycles. The summed E-state index contributed by atoms with van der Waals surface area (Å²) in [5, 5.41) is 0. The minimum absolute atomic E-state index is 0.833. The zero-order valence-corrected chi connectivity index (χ0v) is 8.28. The molecule has 0 atom stereocenters. The van der Waals surface area contributed by atoms with Crippen molar-refractivity contribution in [2.45, 2.75) is 54.9 Å². The molecule has 0 radical (unpaired) electrons. The summed E-state index contributed by atoms with van der Waals surface area (Å²) in [6.07, 6.45) is 1.25. The number of rotatable bonds is 0. The van der Waals surface area contributed by atoms with Gasteiger partial charge in [-0.15, -0.1) is 0 Å². The van der Waals surface area contributed by atoms with Crippen LogP contribution < -0.4 is 0 Å². The van der Waals surface area contributed by atoms with Crippen LogP contribution >= 0.6 is 0 Å². The zero-order chi connectivity index (χ0) is 8.28. The lowest BCUT2D eigenvalue weighted by molar-refractivity contribution is 0.737. The summed E-state index contributed by atoms with van der Waals surface area (Å²) in [4.78, 5) is 0. The summed E-state index contributed by atoms with van der Waals surface area (Å²) in [6.45, 7) is 14.7. The van der Waals surface area contributed by atoms with Gasteiger partial charge in [0.1, 0.15) is 0 Å². The second-order valence-corrected chi connectivity index (χ2v) is 2.44. The third-order valence-electron chi connectivity index (χ3n) is 0. The minimum atomic E-state index is 0.833. The second kappa shape index (κ2) is 24.5. The van der Waals surface area contributed by atoms with Gasteiger partial charge in [-0.05, 0) is 5.92 Å². The summed E-state index contributed by atoms with van der Waals surface area (Å²) >= 11 is 0. The first-order valence-corrected chi connectivity index (χ1v) is 4.15. The van der Waals surface area contributed by atoms with Crippen molar-refractivity contribution in [1.29, 1.82) is 0 Å². The Morgan fingerprint density at radius 2 is 0.889 bits per heavy atom. The molecule has 0 saturated heterocycles. The lowest BCUT2D eigenvalue weighted by atomic mass is 10.3. The highest BCUT2D eigenvalue weighted by Crippen LogP contribution is 1.81. The summed E-state index contributed by atoms with van der Waals surface area (Å²) in [5.41, 5.74) is 0. The third-order valence-corrected chi connectivity index (χ3v) is 0. The van der Waals surface area contributed by atoms with E-state index in [1.54, 1.807) is 0 Å². The van der Waals surface area contributed by atoms with Crippen molar-refractivity contribution in [3.63, 3.8) is 0 Å². The molecule has 9 heavy (non-hydrogen) atoms. The number of hydrogen-bond acceptors (Lipinski definition) is 0. The van der Waals surface area contributed by atoms with Crippen molar-refractivity contribution in [3.8, 4) is 0 Å². The minimum Gasteiger partial charge on any atom is -0.0683 e. The Bertz CT molecular complexity index is 11.2. The molecule has 0 nitrogen and oxygen atoms in total. The van der Waals surface area contributed by atoms with Gasteiger partial charge < -0.3 is 0 Å². The van der Waals surface area contributed by atoms with E-state index in [-0.39, 0.29) is 0 Å². The molecular weight excluding hydrogens is 108 g/mol. The lowest BCUT2D eigenvalue weighted by Crippen LogP contribution is -1.66. The van der Waals surface area contributed by atoms with Crippen LogP contribution in [0.25, 0.3) is 0 Å². The average molecular weight is 132 g/mol. The standard InChI is InChI=1S/C4H10.C3H8.C2H6/c1-4(2)3;1-3-2;1-2/h4H,1-3H3;3H2,1-2H3;1-2H3. The van der Waals surface area contributed by atoms with E-state index in [2.05, 4.69) is 34.6 Å². The molecule has 0 heteroatoms. The molecule has 0 aliphatic heterocycles. The third kappa shape index (κ3) is 0. The highest BCUT2D eigenvalue weighted by atomic mass is 13.7. The predicted molar refractivity (Wildman–Crippen MR) is 47.8 cm³/mol. The molecule has 0 aromatic carbocycles. The van der Waals surface area contributed by atoms with Gasteiger partial charge in [-0.1, -0.05) is 54.9 Å². The maximum Gasteiger partial charge on any atom is -0.0500 e. The van der Waals surface area contributed by atoms with Crippen molar-refractivity contribution in [2.75, 3.05) is 0 Å². The van der Waals surface area contributed by atoms with E-state index in [9.17, 15) is 0 Å². The quantitative estimate of drug-likeness (QED) is 0.465. The molecule has 0 rings (SSSR count). The average Bonchev–Trinajstić information content (AvgIpc) is 1.71. The van der Waals surface area contributed by atoms with E-state index in [4.69, 9.17) is 0 Å². The SMILES string of the molecule is CC.CC(C)C.CCC. The first-order chi connectivity index (χ1) is 4.15. The fourth-order valence-electron chi connectivity index (χ4n) is 0. The molecule has 0 fully saturated rings. The second-order valence-electron chi connectivity index (χ2n) is 2.44. The molecule has 0 aromatic rings. The van der Waals surface area contributed by atoms with Crippen LogP contribution in [0.5, 0.6) is 0 Å². The Morgan fingerprint density at radius 1 is 0.889 bits per heavy atom. The molecule has 0 amide bonds. The van der Waals surface area contributed by atoms with Gasteiger partial charge >= 0.3 is 0 Å². The fraction of sp³-hybridized carbons (Fsp3) is 1.00. The highest BCUT2D eigenvalue weighted by molar-refractivity contribution is 4.20. The molecule has 60 valence electrons. The van der Waals surface area contributed by atoms with E-state index >= 15 is 0 Å². The van der Waals surface area contributed by atoms with Gasteiger partial charge in [0.25, 0.3) is 0 Å². The van der Waals surface area contributed by atoms with Gasteiger partial charge in [-0.3, -0.25) is 0 Å².